The Kier molecular flexibility index (Phi) is 1.69. The summed E-state index contributed by atoms with van der Waals surface area (Å²) in [5, 5.41) is 0. The normalized spacial score (nSPS) is 43.8. The minimum atomic E-state index is -0.370. The van der Waals surface area contributed by atoms with E-state index in [-0.39, 0.29) is 28.8 Å². The summed E-state index contributed by atoms with van der Waals surface area (Å²) in [5.74, 6) is -0.0949. The standard InChI is InChI=1S/C11H14O2/c1-3-7-6-11(2)5-4-8(7)9(12)10(11)13/h3,7-8H,1,4-6H2,2H3/t7-,8-,11+/m1/s1. The number of allylic oxidation sites excluding steroid dienone is 1. The molecule has 70 valence electrons. The fourth-order valence-corrected chi connectivity index (χ4v) is 2.70. The zero-order chi connectivity index (χ0) is 9.64. The first kappa shape index (κ1) is 8.67. The third kappa shape index (κ3) is 1.01. The molecule has 0 amide bonds. The Morgan fingerprint density at radius 2 is 2.23 bits per heavy atom. The van der Waals surface area contributed by atoms with Crippen LogP contribution in [-0.2, 0) is 9.59 Å². The molecule has 3 atom stereocenters. The molecule has 0 spiro atoms. The SMILES string of the molecule is C=C[C@@H]1C[C@]2(C)CC[C@H]1C(=O)C2=O. The van der Waals surface area contributed by atoms with Gasteiger partial charge in [-0.15, -0.1) is 6.58 Å². The van der Waals surface area contributed by atoms with Crippen molar-refractivity contribution in [1.82, 2.24) is 0 Å². The Bertz CT molecular complexity index is 292. The van der Waals surface area contributed by atoms with Gasteiger partial charge in [0.2, 0.25) is 11.6 Å². The van der Waals surface area contributed by atoms with Gasteiger partial charge in [0.1, 0.15) is 0 Å². The number of hydrogen-bond acceptors (Lipinski definition) is 2. The molecule has 0 radical (unpaired) electrons. The van der Waals surface area contributed by atoms with Crippen molar-refractivity contribution >= 4 is 11.6 Å². The van der Waals surface area contributed by atoms with Crippen molar-refractivity contribution < 1.29 is 9.59 Å². The molecule has 0 aromatic rings. The van der Waals surface area contributed by atoms with Crippen LogP contribution < -0.4 is 0 Å². The van der Waals surface area contributed by atoms with Gasteiger partial charge in [0.15, 0.2) is 0 Å². The van der Waals surface area contributed by atoms with Crippen LogP contribution in [0.25, 0.3) is 0 Å². The van der Waals surface area contributed by atoms with E-state index in [0.29, 0.717) is 0 Å². The van der Waals surface area contributed by atoms with Gasteiger partial charge in [-0.1, -0.05) is 13.0 Å². The number of fused-ring (bicyclic) bond motifs is 3. The molecule has 2 nitrogen and oxygen atoms in total. The second-order valence-corrected chi connectivity index (χ2v) is 4.50. The van der Waals surface area contributed by atoms with Crippen LogP contribution in [0, 0.1) is 17.3 Å². The molecule has 0 unspecified atom stereocenters. The van der Waals surface area contributed by atoms with Crippen molar-refractivity contribution in [1.29, 1.82) is 0 Å². The molecule has 3 aliphatic rings. The highest BCUT2D eigenvalue weighted by Gasteiger charge is 2.53. The molecule has 3 saturated carbocycles. The van der Waals surface area contributed by atoms with Crippen molar-refractivity contribution in [2.24, 2.45) is 17.3 Å². The molecule has 0 aromatic carbocycles. The molecule has 0 aliphatic heterocycles. The maximum Gasteiger partial charge on any atom is 0.204 e. The Morgan fingerprint density at radius 1 is 1.54 bits per heavy atom. The fraction of sp³-hybridized carbons (Fsp3) is 0.636. The van der Waals surface area contributed by atoms with E-state index in [1.807, 2.05) is 13.0 Å². The van der Waals surface area contributed by atoms with Crippen LogP contribution >= 0.6 is 0 Å². The van der Waals surface area contributed by atoms with Crippen LogP contribution in [-0.4, -0.2) is 11.6 Å². The summed E-state index contributed by atoms with van der Waals surface area (Å²) < 4.78 is 0. The molecule has 0 saturated heterocycles. The summed E-state index contributed by atoms with van der Waals surface area (Å²) in [5.41, 5.74) is -0.370. The third-order valence-corrected chi connectivity index (χ3v) is 3.62. The maximum absolute atomic E-state index is 11.6. The number of ketones is 2. The topological polar surface area (TPSA) is 34.1 Å². The van der Waals surface area contributed by atoms with Crippen molar-refractivity contribution in [3.63, 3.8) is 0 Å². The van der Waals surface area contributed by atoms with Crippen LogP contribution in [0.4, 0.5) is 0 Å². The van der Waals surface area contributed by atoms with Gasteiger partial charge in [0.05, 0.1) is 0 Å². The minimum Gasteiger partial charge on any atom is -0.291 e. The van der Waals surface area contributed by atoms with E-state index in [2.05, 4.69) is 6.58 Å². The van der Waals surface area contributed by atoms with E-state index in [1.54, 1.807) is 0 Å². The first-order chi connectivity index (χ1) is 6.08. The van der Waals surface area contributed by atoms with E-state index in [4.69, 9.17) is 0 Å². The predicted octanol–water partition coefficient (Wildman–Crippen LogP) is 1.75. The first-order valence-electron chi connectivity index (χ1n) is 4.80. The van der Waals surface area contributed by atoms with Crippen LogP contribution in [0.1, 0.15) is 26.2 Å². The van der Waals surface area contributed by atoms with Gasteiger partial charge >= 0.3 is 0 Å². The molecule has 13 heavy (non-hydrogen) atoms. The highest BCUT2D eigenvalue weighted by molar-refractivity contribution is 6.41. The lowest BCUT2D eigenvalue weighted by Crippen LogP contribution is -2.51. The van der Waals surface area contributed by atoms with Gasteiger partial charge in [0.25, 0.3) is 0 Å². The summed E-state index contributed by atoms with van der Waals surface area (Å²) in [6.45, 7) is 5.65. The second kappa shape index (κ2) is 2.53. The van der Waals surface area contributed by atoms with Crippen LogP contribution in [0.15, 0.2) is 12.7 Å². The number of Topliss-reactive ketones (excluding diaryl/α,β-unsaturated/α-hetero) is 2. The quantitative estimate of drug-likeness (QED) is 0.453. The van der Waals surface area contributed by atoms with E-state index >= 15 is 0 Å². The van der Waals surface area contributed by atoms with E-state index in [9.17, 15) is 9.59 Å². The van der Waals surface area contributed by atoms with Gasteiger partial charge in [-0.2, -0.15) is 0 Å². The summed E-state index contributed by atoms with van der Waals surface area (Å²) in [7, 11) is 0. The molecule has 3 rings (SSSR count). The Morgan fingerprint density at radius 3 is 2.77 bits per heavy atom. The van der Waals surface area contributed by atoms with Crippen molar-refractivity contribution in [2.45, 2.75) is 26.2 Å². The number of carbonyl (C=O) groups is 2. The average molecular weight is 178 g/mol. The molecule has 2 heteroatoms. The zero-order valence-corrected chi connectivity index (χ0v) is 7.88. The molecular weight excluding hydrogens is 164 g/mol. The number of carbonyl (C=O) groups excluding carboxylic acids is 2. The van der Waals surface area contributed by atoms with E-state index in [1.165, 1.54) is 0 Å². The number of rotatable bonds is 1. The minimum absolute atomic E-state index is 0.0492. The Hall–Kier alpha value is -0.920. The lowest BCUT2D eigenvalue weighted by atomic mass is 9.56. The monoisotopic (exact) mass is 178 g/mol. The maximum atomic E-state index is 11.6. The average Bonchev–Trinajstić information content (AvgIpc) is 2.13. The molecule has 3 fully saturated rings. The predicted molar refractivity (Wildman–Crippen MR) is 49.1 cm³/mol. The van der Waals surface area contributed by atoms with Gasteiger partial charge < -0.3 is 0 Å². The third-order valence-electron chi connectivity index (χ3n) is 3.62. The number of hydrogen-bond donors (Lipinski definition) is 0. The van der Waals surface area contributed by atoms with Gasteiger partial charge in [-0.05, 0) is 25.2 Å². The summed E-state index contributed by atoms with van der Waals surface area (Å²) in [6, 6.07) is 0. The molecule has 0 N–H and O–H groups in total. The van der Waals surface area contributed by atoms with Gasteiger partial charge in [0, 0.05) is 11.3 Å². The largest absolute Gasteiger partial charge is 0.291 e. The van der Waals surface area contributed by atoms with Crippen LogP contribution in [0.5, 0.6) is 0 Å². The molecular formula is C11H14O2. The summed E-state index contributed by atoms with van der Waals surface area (Å²) in [6.07, 6.45) is 4.42. The van der Waals surface area contributed by atoms with Crippen molar-refractivity contribution in [3.8, 4) is 0 Å². The first-order valence-corrected chi connectivity index (χ1v) is 4.80. The highest BCUT2D eigenvalue weighted by atomic mass is 16.2. The van der Waals surface area contributed by atoms with Crippen LogP contribution in [0.2, 0.25) is 0 Å². The summed E-state index contributed by atoms with van der Waals surface area (Å²) in [4.78, 5) is 23.2. The fourth-order valence-electron chi connectivity index (χ4n) is 2.70. The lowest BCUT2D eigenvalue weighted by Gasteiger charge is -2.45. The zero-order valence-electron chi connectivity index (χ0n) is 7.88. The van der Waals surface area contributed by atoms with Gasteiger partial charge in [-0.25, -0.2) is 0 Å². The second-order valence-electron chi connectivity index (χ2n) is 4.50. The molecule has 2 bridgehead atoms. The molecule has 0 aromatic heterocycles. The lowest BCUT2D eigenvalue weighted by molar-refractivity contribution is -0.154. The van der Waals surface area contributed by atoms with Crippen molar-refractivity contribution in [3.05, 3.63) is 12.7 Å². The molecule has 3 aliphatic carbocycles. The Balaban J connectivity index is 2.38. The van der Waals surface area contributed by atoms with Gasteiger partial charge in [-0.3, -0.25) is 9.59 Å². The van der Waals surface area contributed by atoms with Crippen LogP contribution in [0.3, 0.4) is 0 Å². The smallest absolute Gasteiger partial charge is 0.204 e. The molecule has 0 heterocycles. The van der Waals surface area contributed by atoms with Crippen molar-refractivity contribution in [2.75, 3.05) is 0 Å². The van der Waals surface area contributed by atoms with E-state index < -0.39 is 0 Å². The summed E-state index contributed by atoms with van der Waals surface area (Å²) >= 11 is 0. The Labute approximate surface area is 78.0 Å². The highest BCUT2D eigenvalue weighted by Crippen LogP contribution is 2.49. The van der Waals surface area contributed by atoms with E-state index in [0.717, 1.165) is 19.3 Å².